The third kappa shape index (κ3) is 2.21. The summed E-state index contributed by atoms with van der Waals surface area (Å²) in [7, 11) is 0. The average molecular weight is 324 g/mol. The van der Waals surface area contributed by atoms with E-state index in [1.54, 1.807) is 0 Å². The quantitative estimate of drug-likeness (QED) is 0.908. The number of likely N-dealkylation sites (tertiary alicyclic amines) is 1. The molecule has 4 heteroatoms. The summed E-state index contributed by atoms with van der Waals surface area (Å²) in [4.78, 5) is 14.6. The Morgan fingerprint density at radius 1 is 1.32 bits per heavy atom. The lowest BCUT2D eigenvalue weighted by Gasteiger charge is -2.43. The van der Waals surface area contributed by atoms with Gasteiger partial charge in [0, 0.05) is 17.6 Å². The fourth-order valence-corrected chi connectivity index (χ4v) is 3.42. The molecule has 2 fully saturated rings. The van der Waals surface area contributed by atoms with Crippen LogP contribution in [-0.2, 0) is 10.2 Å². The van der Waals surface area contributed by atoms with Crippen molar-refractivity contribution in [3.63, 3.8) is 0 Å². The molecule has 19 heavy (non-hydrogen) atoms. The van der Waals surface area contributed by atoms with Gasteiger partial charge in [-0.2, -0.15) is 0 Å². The van der Waals surface area contributed by atoms with E-state index < -0.39 is 0 Å². The smallest absolute Gasteiger partial charge is 0.233 e. The first kappa shape index (κ1) is 13.1. The van der Waals surface area contributed by atoms with Gasteiger partial charge >= 0.3 is 0 Å². The van der Waals surface area contributed by atoms with Crippen molar-refractivity contribution < 1.29 is 9.90 Å². The van der Waals surface area contributed by atoms with E-state index in [0.717, 1.165) is 29.3 Å². The summed E-state index contributed by atoms with van der Waals surface area (Å²) >= 11 is 3.43. The SMILES string of the molecule is O=C(N1CC[C@@H](O)C1)C1(c2ccc(Br)cc2)CCC1. The van der Waals surface area contributed by atoms with Crippen molar-refractivity contribution in [2.75, 3.05) is 13.1 Å². The summed E-state index contributed by atoms with van der Waals surface area (Å²) in [5.74, 6) is 0.206. The maximum absolute atomic E-state index is 12.8. The van der Waals surface area contributed by atoms with Crippen LogP contribution in [0.25, 0.3) is 0 Å². The first-order valence-electron chi connectivity index (χ1n) is 6.85. The number of aliphatic hydroxyl groups is 1. The number of carbonyl (C=O) groups excluding carboxylic acids is 1. The Hall–Kier alpha value is -0.870. The summed E-state index contributed by atoms with van der Waals surface area (Å²) in [6.07, 6.45) is 3.34. The lowest BCUT2D eigenvalue weighted by atomic mass is 9.63. The van der Waals surface area contributed by atoms with Crippen molar-refractivity contribution in [1.82, 2.24) is 4.90 Å². The summed E-state index contributed by atoms with van der Waals surface area (Å²) < 4.78 is 1.04. The molecule has 1 aromatic rings. The van der Waals surface area contributed by atoms with Crippen LogP contribution < -0.4 is 0 Å². The molecule has 1 aliphatic carbocycles. The van der Waals surface area contributed by atoms with Gasteiger partial charge in [0.05, 0.1) is 11.5 Å². The number of nitrogens with zero attached hydrogens (tertiary/aromatic N) is 1. The van der Waals surface area contributed by atoms with Crippen LogP contribution in [0.4, 0.5) is 0 Å². The van der Waals surface area contributed by atoms with E-state index in [1.807, 2.05) is 29.2 Å². The number of hydrogen-bond donors (Lipinski definition) is 1. The predicted molar refractivity (Wildman–Crippen MR) is 76.9 cm³/mol. The Labute approximate surface area is 121 Å². The number of benzene rings is 1. The Balaban J connectivity index is 1.86. The molecule has 2 aliphatic rings. The van der Waals surface area contributed by atoms with Crippen LogP contribution in [-0.4, -0.2) is 35.1 Å². The van der Waals surface area contributed by atoms with Crippen molar-refractivity contribution in [3.8, 4) is 0 Å². The van der Waals surface area contributed by atoms with Gasteiger partial charge in [-0.25, -0.2) is 0 Å². The first-order chi connectivity index (χ1) is 9.12. The summed E-state index contributed by atoms with van der Waals surface area (Å²) in [5.41, 5.74) is 0.790. The lowest BCUT2D eigenvalue weighted by Crippen LogP contribution is -2.50. The summed E-state index contributed by atoms with van der Waals surface area (Å²) in [6, 6.07) is 8.10. The van der Waals surface area contributed by atoms with Gasteiger partial charge in [0.1, 0.15) is 0 Å². The van der Waals surface area contributed by atoms with Crippen LogP contribution in [0.2, 0.25) is 0 Å². The molecule has 0 aromatic heterocycles. The fraction of sp³-hybridized carbons (Fsp3) is 0.533. The Morgan fingerprint density at radius 2 is 2.00 bits per heavy atom. The van der Waals surface area contributed by atoms with Gasteiger partial charge in [0.2, 0.25) is 5.91 Å². The molecule has 1 N–H and O–H groups in total. The Morgan fingerprint density at radius 3 is 2.47 bits per heavy atom. The van der Waals surface area contributed by atoms with Crippen molar-refractivity contribution in [2.45, 2.75) is 37.2 Å². The van der Waals surface area contributed by atoms with Gasteiger partial charge in [-0.1, -0.05) is 34.5 Å². The average Bonchev–Trinajstić information content (AvgIpc) is 2.77. The number of β-amino-alcohol motifs (C(OH)–C–C–N with tert-alkyl or cyclic N) is 1. The van der Waals surface area contributed by atoms with E-state index in [9.17, 15) is 9.90 Å². The number of rotatable bonds is 2. The van der Waals surface area contributed by atoms with E-state index in [4.69, 9.17) is 0 Å². The maximum Gasteiger partial charge on any atom is 0.233 e. The minimum absolute atomic E-state index is 0.206. The van der Waals surface area contributed by atoms with Gasteiger partial charge in [-0.15, -0.1) is 0 Å². The van der Waals surface area contributed by atoms with E-state index in [-0.39, 0.29) is 17.4 Å². The van der Waals surface area contributed by atoms with Crippen molar-refractivity contribution in [1.29, 1.82) is 0 Å². The van der Waals surface area contributed by atoms with Crippen molar-refractivity contribution >= 4 is 21.8 Å². The van der Waals surface area contributed by atoms with Crippen LogP contribution in [0.1, 0.15) is 31.2 Å². The highest BCUT2D eigenvalue weighted by Gasteiger charge is 2.48. The highest BCUT2D eigenvalue weighted by atomic mass is 79.9. The second-order valence-corrected chi connectivity index (χ2v) is 6.55. The predicted octanol–water partition coefficient (Wildman–Crippen LogP) is 2.46. The minimum Gasteiger partial charge on any atom is -0.391 e. The van der Waals surface area contributed by atoms with Crippen LogP contribution in [0.3, 0.4) is 0 Å². The second kappa shape index (κ2) is 4.91. The Bertz CT molecular complexity index is 481. The van der Waals surface area contributed by atoms with Gasteiger partial charge in [-0.05, 0) is 37.0 Å². The summed E-state index contributed by atoms with van der Waals surface area (Å²) in [6.45, 7) is 1.19. The van der Waals surface area contributed by atoms with E-state index >= 15 is 0 Å². The molecule has 1 amide bonds. The topological polar surface area (TPSA) is 40.5 Å². The molecule has 1 aromatic carbocycles. The lowest BCUT2D eigenvalue weighted by molar-refractivity contribution is -0.140. The Kier molecular flexibility index (Phi) is 3.39. The fourth-order valence-electron chi connectivity index (χ4n) is 3.15. The zero-order valence-electron chi connectivity index (χ0n) is 10.8. The number of hydrogen-bond acceptors (Lipinski definition) is 2. The maximum atomic E-state index is 12.8. The molecule has 1 atom stereocenters. The molecule has 1 saturated heterocycles. The molecule has 3 nitrogen and oxygen atoms in total. The van der Waals surface area contributed by atoms with Crippen LogP contribution in [0.15, 0.2) is 28.7 Å². The van der Waals surface area contributed by atoms with Gasteiger partial charge < -0.3 is 10.0 Å². The van der Waals surface area contributed by atoms with Crippen LogP contribution >= 0.6 is 15.9 Å². The number of carbonyl (C=O) groups is 1. The van der Waals surface area contributed by atoms with Gasteiger partial charge in [0.25, 0.3) is 0 Å². The number of aliphatic hydroxyl groups excluding tert-OH is 1. The summed E-state index contributed by atoms with van der Waals surface area (Å²) in [5, 5.41) is 9.61. The minimum atomic E-state index is -0.342. The molecule has 1 heterocycles. The van der Waals surface area contributed by atoms with Crippen molar-refractivity contribution in [2.24, 2.45) is 0 Å². The molecule has 0 unspecified atom stereocenters. The largest absolute Gasteiger partial charge is 0.391 e. The van der Waals surface area contributed by atoms with Crippen LogP contribution in [0, 0.1) is 0 Å². The highest BCUT2D eigenvalue weighted by Crippen LogP contribution is 2.45. The van der Waals surface area contributed by atoms with E-state index in [1.165, 1.54) is 0 Å². The molecule has 102 valence electrons. The normalized spacial score (nSPS) is 25.2. The molecular weight excluding hydrogens is 306 g/mol. The zero-order chi connectivity index (χ0) is 13.5. The second-order valence-electron chi connectivity index (χ2n) is 5.64. The zero-order valence-corrected chi connectivity index (χ0v) is 12.4. The highest BCUT2D eigenvalue weighted by molar-refractivity contribution is 9.10. The molecule has 0 radical (unpaired) electrons. The van der Waals surface area contributed by atoms with Gasteiger partial charge in [-0.3, -0.25) is 4.79 Å². The van der Waals surface area contributed by atoms with Gasteiger partial charge in [0.15, 0.2) is 0 Å². The third-order valence-electron chi connectivity index (χ3n) is 4.46. The van der Waals surface area contributed by atoms with E-state index in [2.05, 4.69) is 15.9 Å². The standard InChI is InChI=1S/C15H18BrNO2/c16-12-4-2-11(3-5-12)15(7-1-8-15)14(19)17-9-6-13(18)10-17/h2-5,13,18H,1,6-10H2/t13-/m1/s1. The molecule has 0 bridgehead atoms. The van der Waals surface area contributed by atoms with E-state index in [0.29, 0.717) is 19.5 Å². The molecule has 0 spiro atoms. The first-order valence-corrected chi connectivity index (χ1v) is 7.65. The molecule has 1 saturated carbocycles. The monoisotopic (exact) mass is 323 g/mol. The molecule has 1 aliphatic heterocycles. The third-order valence-corrected chi connectivity index (χ3v) is 4.99. The number of amides is 1. The number of halogens is 1. The van der Waals surface area contributed by atoms with Crippen LogP contribution in [0.5, 0.6) is 0 Å². The molecule has 3 rings (SSSR count). The molecular formula is C15H18BrNO2. The van der Waals surface area contributed by atoms with Crippen molar-refractivity contribution in [3.05, 3.63) is 34.3 Å².